The Balaban J connectivity index is 2.93. The van der Waals surface area contributed by atoms with Gasteiger partial charge < -0.3 is 10.2 Å². The molecule has 1 aliphatic rings. The minimum absolute atomic E-state index is 0.0252. The second-order valence-corrected chi connectivity index (χ2v) is 7.34. The first-order valence-electron chi connectivity index (χ1n) is 8.37. The van der Waals surface area contributed by atoms with Crippen LogP contribution in [-0.2, 0) is 9.59 Å². The molecule has 0 aromatic heterocycles. The number of amides is 2. The molecular weight excluding hydrogens is 264 g/mol. The molecule has 1 fully saturated rings. The molecule has 0 radical (unpaired) electrons. The first-order valence-corrected chi connectivity index (χ1v) is 8.37. The molecule has 1 rings (SSSR count). The molecule has 1 heterocycles. The number of piperazine rings is 1. The third-order valence-corrected chi connectivity index (χ3v) is 4.18. The summed E-state index contributed by atoms with van der Waals surface area (Å²) in [5, 5.41) is 2.94. The van der Waals surface area contributed by atoms with Crippen molar-refractivity contribution in [1.29, 1.82) is 0 Å². The zero-order chi connectivity index (χ0) is 16.2. The quantitative estimate of drug-likeness (QED) is 0.785. The largest absolute Gasteiger partial charge is 0.342 e. The number of nitrogens with one attached hydrogen (secondary N) is 1. The molecule has 0 saturated carbocycles. The lowest BCUT2D eigenvalue weighted by molar-refractivity contribution is -0.151. The molecule has 21 heavy (non-hydrogen) atoms. The van der Waals surface area contributed by atoms with Crippen LogP contribution >= 0.6 is 0 Å². The van der Waals surface area contributed by atoms with Gasteiger partial charge in [-0.3, -0.25) is 9.59 Å². The number of carbonyl (C=O) groups excluding carboxylic acids is 2. The van der Waals surface area contributed by atoms with Crippen molar-refractivity contribution in [3.63, 3.8) is 0 Å². The van der Waals surface area contributed by atoms with Crippen LogP contribution in [0.2, 0.25) is 0 Å². The fourth-order valence-corrected chi connectivity index (χ4v) is 2.82. The summed E-state index contributed by atoms with van der Waals surface area (Å²) in [7, 11) is 0. The Bertz CT molecular complexity index is 366. The van der Waals surface area contributed by atoms with Crippen LogP contribution in [0.25, 0.3) is 0 Å². The summed E-state index contributed by atoms with van der Waals surface area (Å²) in [5.41, 5.74) is 0. The molecule has 0 bridgehead atoms. The Morgan fingerprint density at radius 2 is 1.62 bits per heavy atom. The van der Waals surface area contributed by atoms with Crippen LogP contribution in [0.4, 0.5) is 0 Å². The molecule has 0 aromatic rings. The predicted molar refractivity (Wildman–Crippen MR) is 85.8 cm³/mol. The van der Waals surface area contributed by atoms with Crippen molar-refractivity contribution in [2.24, 2.45) is 17.8 Å². The average Bonchev–Trinajstić information content (AvgIpc) is 2.38. The van der Waals surface area contributed by atoms with Crippen molar-refractivity contribution < 1.29 is 9.59 Å². The van der Waals surface area contributed by atoms with Crippen LogP contribution in [0.1, 0.15) is 60.8 Å². The Morgan fingerprint density at radius 1 is 1.05 bits per heavy atom. The lowest BCUT2D eigenvalue weighted by Gasteiger charge is -2.41. The van der Waals surface area contributed by atoms with Gasteiger partial charge in [-0.1, -0.05) is 48.0 Å². The summed E-state index contributed by atoms with van der Waals surface area (Å²) in [6.07, 6.45) is 2.48. The minimum atomic E-state index is -0.343. The smallest absolute Gasteiger partial charge is 0.245 e. The maximum Gasteiger partial charge on any atom is 0.245 e. The molecule has 0 aromatic carbocycles. The highest BCUT2D eigenvalue weighted by Crippen LogP contribution is 2.22. The SMILES string of the molecule is CCC(C)CN1C(=O)C(CC(C)C)NC(=O)C1CC(C)C. The Morgan fingerprint density at radius 3 is 2.10 bits per heavy atom. The summed E-state index contributed by atoms with van der Waals surface area (Å²) in [4.78, 5) is 27.1. The van der Waals surface area contributed by atoms with E-state index >= 15 is 0 Å². The van der Waals surface area contributed by atoms with Gasteiger partial charge in [0.1, 0.15) is 12.1 Å². The Kier molecular flexibility index (Phi) is 6.69. The third kappa shape index (κ3) is 5.01. The summed E-state index contributed by atoms with van der Waals surface area (Å²) in [5.74, 6) is 1.35. The maximum absolute atomic E-state index is 12.8. The molecule has 4 nitrogen and oxygen atoms in total. The van der Waals surface area contributed by atoms with E-state index < -0.39 is 0 Å². The number of rotatable bonds is 7. The molecule has 0 aliphatic carbocycles. The van der Waals surface area contributed by atoms with Gasteiger partial charge in [-0.05, 0) is 30.6 Å². The van der Waals surface area contributed by atoms with Gasteiger partial charge in [-0.25, -0.2) is 0 Å². The lowest BCUT2D eigenvalue weighted by Crippen LogP contribution is -2.64. The number of hydrogen-bond donors (Lipinski definition) is 1. The fraction of sp³-hybridized carbons (Fsp3) is 0.882. The van der Waals surface area contributed by atoms with Crippen molar-refractivity contribution >= 4 is 11.8 Å². The van der Waals surface area contributed by atoms with E-state index in [1.807, 2.05) is 4.90 Å². The van der Waals surface area contributed by atoms with Crippen molar-refractivity contribution in [2.45, 2.75) is 72.9 Å². The standard InChI is InChI=1S/C17H32N2O2/c1-7-13(6)10-19-15(9-12(4)5)16(20)18-14(17(19)21)8-11(2)3/h11-15H,7-10H2,1-6H3,(H,18,20). The topological polar surface area (TPSA) is 49.4 Å². The summed E-state index contributed by atoms with van der Waals surface area (Å²) < 4.78 is 0. The van der Waals surface area contributed by atoms with Gasteiger partial charge in [-0.15, -0.1) is 0 Å². The fourth-order valence-electron chi connectivity index (χ4n) is 2.82. The second-order valence-electron chi connectivity index (χ2n) is 7.34. The van der Waals surface area contributed by atoms with Gasteiger partial charge in [0.25, 0.3) is 0 Å². The van der Waals surface area contributed by atoms with E-state index in [9.17, 15) is 9.59 Å². The predicted octanol–water partition coefficient (Wildman–Crippen LogP) is 2.82. The monoisotopic (exact) mass is 296 g/mol. The molecule has 1 aliphatic heterocycles. The molecular formula is C17H32N2O2. The van der Waals surface area contributed by atoms with E-state index in [0.717, 1.165) is 19.3 Å². The zero-order valence-corrected chi connectivity index (χ0v) is 14.5. The van der Waals surface area contributed by atoms with Gasteiger partial charge in [0, 0.05) is 6.54 Å². The van der Waals surface area contributed by atoms with E-state index in [2.05, 4.69) is 46.9 Å². The van der Waals surface area contributed by atoms with Gasteiger partial charge in [0.2, 0.25) is 11.8 Å². The lowest BCUT2D eigenvalue weighted by atomic mass is 9.93. The molecule has 2 amide bonds. The van der Waals surface area contributed by atoms with Crippen LogP contribution in [-0.4, -0.2) is 35.3 Å². The van der Waals surface area contributed by atoms with E-state index in [1.54, 1.807) is 0 Å². The molecule has 3 unspecified atom stereocenters. The van der Waals surface area contributed by atoms with Crippen LogP contribution in [0.5, 0.6) is 0 Å². The van der Waals surface area contributed by atoms with E-state index in [1.165, 1.54) is 0 Å². The van der Waals surface area contributed by atoms with Gasteiger partial charge in [0.15, 0.2) is 0 Å². The Labute approximate surface area is 129 Å². The number of nitrogens with zero attached hydrogens (tertiary/aromatic N) is 1. The highest BCUT2D eigenvalue weighted by atomic mass is 16.2. The highest BCUT2D eigenvalue weighted by molar-refractivity contribution is 5.97. The summed E-state index contributed by atoms with van der Waals surface area (Å²) in [6, 6.07) is -0.639. The van der Waals surface area contributed by atoms with Crippen LogP contribution in [0, 0.1) is 17.8 Å². The van der Waals surface area contributed by atoms with Crippen molar-refractivity contribution in [3.05, 3.63) is 0 Å². The van der Waals surface area contributed by atoms with Crippen molar-refractivity contribution in [3.8, 4) is 0 Å². The third-order valence-electron chi connectivity index (χ3n) is 4.18. The van der Waals surface area contributed by atoms with Crippen LogP contribution < -0.4 is 5.32 Å². The molecule has 1 saturated heterocycles. The normalized spacial score (nSPS) is 24.7. The Hall–Kier alpha value is -1.06. The molecule has 0 spiro atoms. The first kappa shape index (κ1) is 18.0. The molecule has 122 valence electrons. The molecule has 3 atom stereocenters. The number of carbonyl (C=O) groups is 2. The summed E-state index contributed by atoms with van der Waals surface area (Å²) in [6.45, 7) is 13.3. The van der Waals surface area contributed by atoms with E-state index in [4.69, 9.17) is 0 Å². The van der Waals surface area contributed by atoms with Gasteiger partial charge in [-0.2, -0.15) is 0 Å². The van der Waals surface area contributed by atoms with E-state index in [0.29, 0.717) is 24.3 Å². The average molecular weight is 296 g/mol. The minimum Gasteiger partial charge on any atom is -0.342 e. The van der Waals surface area contributed by atoms with Crippen LogP contribution in [0.15, 0.2) is 0 Å². The van der Waals surface area contributed by atoms with Crippen LogP contribution in [0.3, 0.4) is 0 Å². The maximum atomic E-state index is 12.8. The van der Waals surface area contributed by atoms with E-state index in [-0.39, 0.29) is 23.9 Å². The van der Waals surface area contributed by atoms with Crippen molar-refractivity contribution in [1.82, 2.24) is 10.2 Å². The van der Waals surface area contributed by atoms with Crippen molar-refractivity contribution in [2.75, 3.05) is 6.54 Å². The number of hydrogen-bond acceptors (Lipinski definition) is 2. The first-order chi connectivity index (χ1) is 9.76. The second kappa shape index (κ2) is 7.81. The summed E-state index contributed by atoms with van der Waals surface area (Å²) >= 11 is 0. The zero-order valence-electron chi connectivity index (χ0n) is 14.5. The van der Waals surface area contributed by atoms with Gasteiger partial charge >= 0.3 is 0 Å². The molecule has 1 N–H and O–H groups in total. The highest BCUT2D eigenvalue weighted by Gasteiger charge is 2.40. The molecule has 4 heteroatoms. The van der Waals surface area contributed by atoms with Gasteiger partial charge in [0.05, 0.1) is 0 Å².